The fourth-order valence-electron chi connectivity index (χ4n) is 2.96. The Labute approximate surface area is 170 Å². The summed E-state index contributed by atoms with van der Waals surface area (Å²) in [6, 6.07) is 11.2. The van der Waals surface area contributed by atoms with E-state index in [0.717, 1.165) is 49.7 Å². The lowest BCUT2D eigenvalue weighted by atomic mass is 10.2. The van der Waals surface area contributed by atoms with Crippen LogP contribution in [0.15, 0.2) is 54.9 Å². The number of benzene rings is 1. The van der Waals surface area contributed by atoms with Gasteiger partial charge >= 0.3 is 0 Å². The van der Waals surface area contributed by atoms with Crippen LogP contribution in [0.2, 0.25) is 0 Å². The largest absolute Gasteiger partial charge is 0.379 e. The van der Waals surface area contributed by atoms with Gasteiger partial charge in [0.25, 0.3) is 0 Å². The van der Waals surface area contributed by atoms with Crippen molar-refractivity contribution in [3.05, 3.63) is 66.0 Å². The van der Waals surface area contributed by atoms with E-state index < -0.39 is 0 Å². The number of ether oxygens (including phenoxy) is 1. The maximum atomic E-state index is 12.2. The predicted octanol–water partition coefficient (Wildman–Crippen LogP) is 2.07. The second-order valence-electron chi connectivity index (χ2n) is 6.79. The number of anilines is 1. The summed E-state index contributed by atoms with van der Waals surface area (Å²) in [6.07, 6.45) is 7.02. The van der Waals surface area contributed by atoms with Gasteiger partial charge in [-0.05, 0) is 35.4 Å². The molecule has 1 saturated heterocycles. The predicted molar refractivity (Wildman–Crippen MR) is 112 cm³/mol. The van der Waals surface area contributed by atoms with Crippen LogP contribution in [0, 0.1) is 0 Å². The molecule has 0 aliphatic carbocycles. The number of carbonyl (C=O) groups excluding carboxylic acids is 2. The summed E-state index contributed by atoms with van der Waals surface area (Å²) in [5, 5.41) is 5.77. The first-order valence-corrected chi connectivity index (χ1v) is 9.74. The van der Waals surface area contributed by atoms with E-state index >= 15 is 0 Å². The minimum Gasteiger partial charge on any atom is -0.379 e. The number of morpholine rings is 1. The number of rotatable bonds is 8. The van der Waals surface area contributed by atoms with Crippen LogP contribution in [-0.4, -0.2) is 54.5 Å². The lowest BCUT2D eigenvalue weighted by molar-refractivity contribution is -0.117. The van der Waals surface area contributed by atoms with Crippen molar-refractivity contribution in [3.8, 4) is 0 Å². The van der Waals surface area contributed by atoms with Crippen molar-refractivity contribution in [2.45, 2.75) is 13.0 Å². The Kier molecular flexibility index (Phi) is 7.91. The van der Waals surface area contributed by atoms with Crippen molar-refractivity contribution < 1.29 is 14.3 Å². The first-order valence-electron chi connectivity index (χ1n) is 9.74. The van der Waals surface area contributed by atoms with Crippen molar-refractivity contribution in [2.24, 2.45) is 0 Å². The summed E-state index contributed by atoms with van der Waals surface area (Å²) in [6.45, 7) is 4.32. The Balaban J connectivity index is 1.43. The van der Waals surface area contributed by atoms with Gasteiger partial charge in [0.15, 0.2) is 0 Å². The molecule has 0 atom stereocenters. The van der Waals surface area contributed by atoms with E-state index in [-0.39, 0.29) is 11.8 Å². The SMILES string of the molecule is O=C(/C=C/c1cccnc1)NCc1cccc(NC(=O)CCN2CCOCC2)c1. The Morgan fingerprint density at radius 2 is 2.03 bits per heavy atom. The highest BCUT2D eigenvalue weighted by molar-refractivity contribution is 5.92. The van der Waals surface area contributed by atoms with Crippen LogP contribution >= 0.6 is 0 Å². The number of hydrogen-bond donors (Lipinski definition) is 2. The van der Waals surface area contributed by atoms with Gasteiger partial charge in [0.1, 0.15) is 0 Å². The first-order chi connectivity index (χ1) is 14.2. The molecule has 1 aliphatic heterocycles. The molecule has 29 heavy (non-hydrogen) atoms. The molecule has 1 aromatic carbocycles. The van der Waals surface area contributed by atoms with Gasteiger partial charge < -0.3 is 15.4 Å². The first kappa shape index (κ1) is 20.7. The molecular weight excluding hydrogens is 368 g/mol. The third-order valence-electron chi connectivity index (χ3n) is 4.55. The monoisotopic (exact) mass is 394 g/mol. The zero-order valence-corrected chi connectivity index (χ0v) is 16.3. The number of aromatic nitrogens is 1. The second-order valence-corrected chi connectivity index (χ2v) is 6.79. The highest BCUT2D eigenvalue weighted by Crippen LogP contribution is 2.11. The Morgan fingerprint density at radius 3 is 2.83 bits per heavy atom. The molecule has 2 aromatic rings. The average molecular weight is 394 g/mol. The molecule has 7 nitrogen and oxygen atoms in total. The topological polar surface area (TPSA) is 83.6 Å². The van der Waals surface area contributed by atoms with E-state index in [1.54, 1.807) is 18.5 Å². The normalized spacial score (nSPS) is 14.6. The molecule has 0 radical (unpaired) electrons. The third-order valence-corrected chi connectivity index (χ3v) is 4.55. The molecular formula is C22H26N4O3. The van der Waals surface area contributed by atoms with Gasteiger partial charge in [-0.3, -0.25) is 19.5 Å². The minimum absolute atomic E-state index is 0.0166. The summed E-state index contributed by atoms with van der Waals surface area (Å²) in [5.41, 5.74) is 2.51. The molecule has 1 aliphatic rings. The van der Waals surface area contributed by atoms with Gasteiger partial charge in [-0.15, -0.1) is 0 Å². The number of nitrogens with one attached hydrogen (secondary N) is 2. The lowest BCUT2D eigenvalue weighted by Gasteiger charge is -2.26. The highest BCUT2D eigenvalue weighted by atomic mass is 16.5. The van der Waals surface area contributed by atoms with Crippen molar-refractivity contribution in [1.82, 2.24) is 15.2 Å². The van der Waals surface area contributed by atoms with Crippen LogP contribution in [0.1, 0.15) is 17.5 Å². The maximum Gasteiger partial charge on any atom is 0.244 e. The van der Waals surface area contributed by atoms with E-state index in [9.17, 15) is 9.59 Å². The van der Waals surface area contributed by atoms with Gasteiger partial charge in [0.05, 0.1) is 13.2 Å². The number of nitrogens with zero attached hydrogens (tertiary/aromatic N) is 2. The van der Waals surface area contributed by atoms with Crippen LogP contribution in [0.4, 0.5) is 5.69 Å². The number of amides is 2. The molecule has 152 valence electrons. The van der Waals surface area contributed by atoms with E-state index in [4.69, 9.17) is 4.74 Å². The van der Waals surface area contributed by atoms with Crippen LogP contribution in [-0.2, 0) is 20.9 Å². The molecule has 2 N–H and O–H groups in total. The van der Waals surface area contributed by atoms with Crippen LogP contribution < -0.4 is 10.6 Å². The average Bonchev–Trinajstić information content (AvgIpc) is 2.76. The fraction of sp³-hybridized carbons (Fsp3) is 0.318. The van der Waals surface area contributed by atoms with Crippen LogP contribution in [0.5, 0.6) is 0 Å². The van der Waals surface area contributed by atoms with E-state index in [1.807, 2.05) is 36.4 Å². The fourth-order valence-corrected chi connectivity index (χ4v) is 2.96. The van der Waals surface area contributed by atoms with E-state index in [0.29, 0.717) is 13.0 Å². The van der Waals surface area contributed by atoms with Gasteiger partial charge in [0, 0.05) is 56.8 Å². The van der Waals surface area contributed by atoms with Gasteiger partial charge in [-0.25, -0.2) is 0 Å². The molecule has 2 amide bonds. The van der Waals surface area contributed by atoms with Crippen molar-refractivity contribution >= 4 is 23.6 Å². The number of pyridine rings is 1. The molecule has 2 heterocycles. The molecule has 7 heteroatoms. The lowest BCUT2D eigenvalue weighted by Crippen LogP contribution is -2.38. The summed E-state index contributed by atoms with van der Waals surface area (Å²) in [4.78, 5) is 30.4. The summed E-state index contributed by atoms with van der Waals surface area (Å²) in [5.74, 6) is -0.203. The Hall–Kier alpha value is -3.03. The van der Waals surface area contributed by atoms with Gasteiger partial charge in [0.2, 0.25) is 11.8 Å². The second kappa shape index (κ2) is 11.1. The van der Waals surface area contributed by atoms with E-state index in [1.165, 1.54) is 6.08 Å². The Morgan fingerprint density at radius 1 is 1.17 bits per heavy atom. The number of hydrogen-bond acceptors (Lipinski definition) is 5. The van der Waals surface area contributed by atoms with Gasteiger partial charge in [-0.1, -0.05) is 18.2 Å². The maximum absolute atomic E-state index is 12.2. The molecule has 1 aromatic heterocycles. The third kappa shape index (κ3) is 7.48. The summed E-state index contributed by atoms with van der Waals surface area (Å²) in [7, 11) is 0. The zero-order chi connectivity index (χ0) is 20.3. The molecule has 3 rings (SSSR count). The van der Waals surface area contributed by atoms with E-state index in [2.05, 4.69) is 20.5 Å². The molecule has 0 unspecified atom stereocenters. The highest BCUT2D eigenvalue weighted by Gasteiger charge is 2.12. The summed E-state index contributed by atoms with van der Waals surface area (Å²) < 4.78 is 5.31. The minimum atomic E-state index is -0.186. The smallest absolute Gasteiger partial charge is 0.244 e. The quantitative estimate of drug-likeness (QED) is 0.670. The Bertz CT molecular complexity index is 833. The van der Waals surface area contributed by atoms with Gasteiger partial charge in [-0.2, -0.15) is 0 Å². The molecule has 1 fully saturated rings. The molecule has 0 saturated carbocycles. The van der Waals surface area contributed by atoms with Crippen molar-refractivity contribution in [3.63, 3.8) is 0 Å². The zero-order valence-electron chi connectivity index (χ0n) is 16.3. The standard InChI is InChI=1S/C22H26N4O3/c27-21(7-6-18-4-2-9-23-16-18)24-17-19-3-1-5-20(15-19)25-22(28)8-10-26-11-13-29-14-12-26/h1-7,9,15-16H,8,10-14,17H2,(H,24,27)(H,25,28)/b7-6+. The molecule has 0 spiro atoms. The van der Waals surface area contributed by atoms with Crippen LogP contribution in [0.3, 0.4) is 0 Å². The van der Waals surface area contributed by atoms with Crippen molar-refractivity contribution in [1.29, 1.82) is 0 Å². The van der Waals surface area contributed by atoms with Crippen LogP contribution in [0.25, 0.3) is 6.08 Å². The summed E-state index contributed by atoms with van der Waals surface area (Å²) >= 11 is 0. The number of carbonyl (C=O) groups is 2. The molecule has 0 bridgehead atoms. The van der Waals surface area contributed by atoms with Crippen molar-refractivity contribution in [2.75, 3.05) is 38.2 Å².